The molecule has 0 unspecified atom stereocenters. The van der Waals surface area contributed by atoms with Gasteiger partial charge >= 0.3 is 28.4 Å². The average Bonchev–Trinajstić information content (AvgIpc) is 3.72. The number of rotatable bonds is 4. The van der Waals surface area contributed by atoms with Crippen LogP contribution in [0.15, 0.2) is 182 Å². The summed E-state index contributed by atoms with van der Waals surface area (Å²) in [5.74, 6) is 0. The molecule has 0 atom stereocenters. The summed E-state index contributed by atoms with van der Waals surface area (Å²) in [7, 11) is 0. The van der Waals surface area contributed by atoms with E-state index in [0.29, 0.717) is 0 Å². The van der Waals surface area contributed by atoms with E-state index in [-0.39, 0.29) is 22.4 Å². The zero-order chi connectivity index (χ0) is 30.7. The molecule has 0 amide bonds. The average molecular weight is 786 g/mol. The van der Waals surface area contributed by atoms with Crippen LogP contribution in [0.4, 0.5) is 22.7 Å². The molecule has 4 heteroatoms. The standard InChI is InChI=1S/C24H16N.C19H14N2.Au/c1-3-7-17(8-4-1)19-11-13-23-21(15-19)22-16-20(12-14-24(22)25-23)18-9-5-2-6-10-18;1-3-9-16(10-4-1)20-15-21(17-11-5-2-6-12-17)19-14-8-7-13-18(19)20;/h1-16H;1-14H;/q-1;+2;+1. The maximum Gasteiger partial charge on any atom is 1.00 e. The second kappa shape index (κ2) is 13.4. The topological polar surface area (TPSA) is 20.1 Å². The van der Waals surface area contributed by atoms with Crippen LogP contribution in [-0.2, 0) is 22.4 Å². The van der Waals surface area contributed by atoms with Crippen molar-refractivity contribution in [3.8, 4) is 22.3 Å². The second-order valence-corrected chi connectivity index (χ2v) is 11.2. The largest absolute Gasteiger partial charge is 1.00 e. The molecule has 9 rings (SSSR count). The van der Waals surface area contributed by atoms with Crippen molar-refractivity contribution < 1.29 is 22.4 Å². The summed E-state index contributed by atoms with van der Waals surface area (Å²) in [6.45, 7) is 0. The van der Waals surface area contributed by atoms with Gasteiger partial charge in [0.15, 0.2) is 0 Å². The Labute approximate surface area is 289 Å². The third-order valence-corrected chi connectivity index (χ3v) is 8.33. The summed E-state index contributed by atoms with van der Waals surface area (Å²) in [5, 5.41) is 2.43. The van der Waals surface area contributed by atoms with E-state index in [1.165, 1.54) is 33.0 Å². The van der Waals surface area contributed by atoms with Crippen LogP contribution in [0, 0.1) is 0 Å². The fraction of sp³-hybridized carbons (Fsp3) is 0. The molecule has 7 aromatic carbocycles. The quantitative estimate of drug-likeness (QED) is 0.129. The van der Waals surface area contributed by atoms with Crippen molar-refractivity contribution in [1.82, 2.24) is 14.1 Å². The zero-order valence-corrected chi connectivity index (χ0v) is 27.6. The van der Waals surface area contributed by atoms with Crippen molar-refractivity contribution in [2.45, 2.75) is 0 Å². The minimum atomic E-state index is 0. The van der Waals surface area contributed by atoms with Gasteiger partial charge in [0.05, 0.1) is 0 Å². The molecule has 0 fully saturated rings. The molecule has 0 aliphatic carbocycles. The van der Waals surface area contributed by atoms with Crippen LogP contribution in [0.1, 0.15) is 0 Å². The number of aromatic nitrogens is 1. The first-order valence-electron chi connectivity index (χ1n) is 15.5. The molecule has 3 nitrogen and oxygen atoms in total. The van der Waals surface area contributed by atoms with E-state index in [2.05, 4.69) is 149 Å². The molecule has 47 heavy (non-hydrogen) atoms. The first kappa shape index (κ1) is 30.1. The number of fused-ring (bicyclic) bond motifs is 4. The number of hydrogen-bond donors (Lipinski definition) is 0. The SMILES string of the molecule is C1=[N+](c2ccccc2)c2ccccc2[N+]=1c1ccccc1.[Au+].c1ccc(-c2ccc3[n-]c4ccc(-c5ccccc5)cc4c3c2)cc1. The van der Waals surface area contributed by atoms with E-state index < -0.39 is 0 Å². The van der Waals surface area contributed by atoms with Crippen LogP contribution in [0.3, 0.4) is 0 Å². The molecular weight excluding hydrogens is 755 g/mol. The summed E-state index contributed by atoms with van der Waals surface area (Å²) < 4.78 is 4.20. The van der Waals surface area contributed by atoms with Crippen molar-refractivity contribution in [2.24, 2.45) is 0 Å². The van der Waals surface area contributed by atoms with Crippen molar-refractivity contribution >= 4 is 50.6 Å². The molecule has 1 aliphatic rings. The molecule has 0 spiro atoms. The Bertz CT molecular complexity index is 2210. The van der Waals surface area contributed by atoms with E-state index in [0.717, 1.165) is 33.8 Å². The monoisotopic (exact) mass is 785 g/mol. The van der Waals surface area contributed by atoms with Crippen LogP contribution < -0.4 is 14.1 Å². The zero-order valence-electron chi connectivity index (χ0n) is 25.5. The van der Waals surface area contributed by atoms with Gasteiger partial charge in [0.2, 0.25) is 11.4 Å². The predicted molar refractivity (Wildman–Crippen MR) is 193 cm³/mol. The molecule has 1 aromatic heterocycles. The summed E-state index contributed by atoms with van der Waals surface area (Å²) in [4.78, 5) is 4.78. The van der Waals surface area contributed by atoms with Crippen LogP contribution in [0.5, 0.6) is 0 Å². The fourth-order valence-electron chi connectivity index (χ4n) is 6.05. The van der Waals surface area contributed by atoms with Crippen LogP contribution >= 0.6 is 0 Å². The van der Waals surface area contributed by atoms with Gasteiger partial charge in [0.25, 0.3) is 11.4 Å². The maximum absolute atomic E-state index is 4.78. The van der Waals surface area contributed by atoms with E-state index in [9.17, 15) is 0 Å². The van der Waals surface area contributed by atoms with Crippen molar-refractivity contribution in [3.05, 3.63) is 182 Å². The van der Waals surface area contributed by atoms with Crippen molar-refractivity contribution in [1.29, 1.82) is 0 Å². The third kappa shape index (κ3) is 6.05. The summed E-state index contributed by atoms with van der Waals surface area (Å²) in [5.41, 5.74) is 11.6. The van der Waals surface area contributed by atoms with Crippen LogP contribution in [0.25, 0.3) is 44.1 Å². The molecule has 0 bridgehead atoms. The molecule has 0 saturated heterocycles. The Kier molecular flexibility index (Phi) is 8.62. The first-order chi connectivity index (χ1) is 22.8. The van der Waals surface area contributed by atoms with Gasteiger partial charge in [-0.25, -0.2) is 0 Å². The molecule has 226 valence electrons. The number of nitrogens with zero attached hydrogens (tertiary/aromatic N) is 3. The van der Waals surface area contributed by atoms with Crippen molar-refractivity contribution in [2.75, 3.05) is 0 Å². The van der Waals surface area contributed by atoms with Crippen LogP contribution in [-0.4, -0.2) is 6.01 Å². The van der Waals surface area contributed by atoms with E-state index in [1.807, 2.05) is 48.5 Å². The maximum atomic E-state index is 4.78. The Morgan fingerprint density at radius 2 is 0.723 bits per heavy atom. The van der Waals surface area contributed by atoms with Crippen molar-refractivity contribution in [3.63, 3.8) is 0 Å². The molecule has 8 aromatic rings. The minimum absolute atomic E-state index is 0. The van der Waals surface area contributed by atoms with Gasteiger partial charge in [-0.05, 0) is 54.3 Å². The Morgan fingerprint density at radius 3 is 1.13 bits per heavy atom. The molecule has 0 N–H and O–H groups in total. The van der Waals surface area contributed by atoms with E-state index in [4.69, 9.17) is 4.98 Å². The first-order valence-corrected chi connectivity index (χ1v) is 15.5. The van der Waals surface area contributed by atoms with Gasteiger partial charge in [-0.15, -0.1) is 11.0 Å². The van der Waals surface area contributed by atoms with Gasteiger partial charge in [0.1, 0.15) is 0 Å². The second-order valence-electron chi connectivity index (χ2n) is 11.2. The minimum Gasteiger partial charge on any atom is -0.657 e. The van der Waals surface area contributed by atoms with Crippen LogP contribution in [0.2, 0.25) is 0 Å². The smallest absolute Gasteiger partial charge is 0.657 e. The fourth-order valence-corrected chi connectivity index (χ4v) is 6.05. The Balaban J connectivity index is 0.000000148. The number of benzene rings is 7. The molecular formula is C43H30AuN3+2. The summed E-state index contributed by atoms with van der Waals surface area (Å²) in [6.07, 6.45) is 0. The number of para-hydroxylation sites is 4. The Morgan fingerprint density at radius 1 is 0.362 bits per heavy atom. The normalized spacial score (nSPS) is 11.6. The number of hydrogen-bond acceptors (Lipinski definition) is 0. The van der Waals surface area contributed by atoms with Gasteiger partial charge in [-0.2, -0.15) is 0 Å². The summed E-state index contributed by atoms with van der Waals surface area (Å²) in [6, 6.07) is 66.5. The van der Waals surface area contributed by atoms with Gasteiger partial charge in [-0.1, -0.05) is 133 Å². The molecule has 1 aliphatic heterocycles. The summed E-state index contributed by atoms with van der Waals surface area (Å²) >= 11 is 0. The third-order valence-electron chi connectivity index (χ3n) is 8.33. The molecule has 0 saturated carbocycles. The van der Waals surface area contributed by atoms with E-state index in [1.54, 1.807) is 0 Å². The van der Waals surface area contributed by atoms with Gasteiger partial charge in [-0.3, -0.25) is 0 Å². The predicted octanol–water partition coefficient (Wildman–Crippen LogP) is 10.8. The Hall–Kier alpha value is -5.54. The van der Waals surface area contributed by atoms with E-state index >= 15 is 0 Å². The molecule has 2 heterocycles. The van der Waals surface area contributed by atoms with Gasteiger partial charge in [0, 0.05) is 36.4 Å². The molecule has 0 radical (unpaired) electrons. The van der Waals surface area contributed by atoms with Gasteiger partial charge < -0.3 is 4.98 Å².